The Morgan fingerprint density at radius 1 is 1.47 bits per heavy atom. The van der Waals surface area contributed by atoms with Crippen molar-refractivity contribution >= 4 is 17.4 Å². The Labute approximate surface area is 97.6 Å². The van der Waals surface area contributed by atoms with Crippen molar-refractivity contribution in [3.05, 3.63) is 12.2 Å². The summed E-state index contributed by atoms with van der Waals surface area (Å²) in [6.45, 7) is 10.0. The van der Waals surface area contributed by atoms with Gasteiger partial charge < -0.3 is 4.74 Å². The quantitative estimate of drug-likeness (QED) is 0.474. The first-order chi connectivity index (χ1) is 6.91. The van der Waals surface area contributed by atoms with Gasteiger partial charge >= 0.3 is 0 Å². The number of hydrogen-bond acceptors (Lipinski definition) is 2. The van der Waals surface area contributed by atoms with Gasteiger partial charge in [0.2, 0.25) is 0 Å². The monoisotopic (exact) mass is 232 g/mol. The van der Waals surface area contributed by atoms with E-state index in [2.05, 4.69) is 6.58 Å². The van der Waals surface area contributed by atoms with Crippen molar-refractivity contribution in [3.63, 3.8) is 0 Å². The van der Waals surface area contributed by atoms with Crippen LogP contribution in [0.5, 0.6) is 0 Å². The van der Waals surface area contributed by atoms with Crippen LogP contribution in [0.4, 0.5) is 0 Å². The molecule has 0 aromatic carbocycles. The highest BCUT2D eigenvalue weighted by Crippen LogP contribution is 2.17. The number of ether oxygens (including phenoxy) is 1. The fourth-order valence-electron chi connectivity index (χ4n) is 1.23. The van der Waals surface area contributed by atoms with Crippen LogP contribution in [0.2, 0.25) is 0 Å². The Hall–Kier alpha value is -0.340. The lowest BCUT2D eigenvalue weighted by molar-refractivity contribution is -0.124. The molecular formula is C12H21ClO2. The van der Waals surface area contributed by atoms with Crippen LogP contribution in [0.15, 0.2) is 12.2 Å². The van der Waals surface area contributed by atoms with E-state index in [0.29, 0.717) is 25.3 Å². The second kappa shape index (κ2) is 7.02. The summed E-state index contributed by atoms with van der Waals surface area (Å²) in [4.78, 5) is 11.4. The van der Waals surface area contributed by atoms with Crippen molar-refractivity contribution in [2.24, 2.45) is 0 Å². The molecule has 0 aromatic heterocycles. The van der Waals surface area contributed by atoms with Crippen molar-refractivity contribution < 1.29 is 9.53 Å². The summed E-state index contributed by atoms with van der Waals surface area (Å²) in [6, 6.07) is 0. The Morgan fingerprint density at radius 3 is 2.53 bits per heavy atom. The molecule has 0 rings (SSSR count). The second-order valence-corrected chi connectivity index (χ2v) is 4.66. The first kappa shape index (κ1) is 14.7. The highest BCUT2D eigenvalue weighted by molar-refractivity contribution is 6.19. The lowest BCUT2D eigenvalue weighted by Crippen LogP contribution is -2.29. The highest BCUT2D eigenvalue weighted by Gasteiger charge is 2.22. The Kier molecular flexibility index (Phi) is 6.86. The SMILES string of the molecule is C=C(CCl)COC(C)(C)CC(=O)CCC. The minimum atomic E-state index is -0.415. The molecule has 0 unspecified atom stereocenters. The molecular weight excluding hydrogens is 212 g/mol. The smallest absolute Gasteiger partial charge is 0.135 e. The average molecular weight is 233 g/mol. The average Bonchev–Trinajstić information content (AvgIpc) is 2.13. The number of carbonyl (C=O) groups excluding carboxylic acids is 1. The van der Waals surface area contributed by atoms with Crippen LogP contribution < -0.4 is 0 Å². The van der Waals surface area contributed by atoms with Gasteiger partial charge in [0, 0.05) is 18.7 Å². The minimum absolute atomic E-state index is 0.249. The second-order valence-electron chi connectivity index (χ2n) is 4.40. The molecule has 0 spiro atoms. The number of alkyl halides is 1. The summed E-state index contributed by atoms with van der Waals surface area (Å²) in [5.74, 6) is 0.651. The van der Waals surface area contributed by atoms with Crippen molar-refractivity contribution in [1.82, 2.24) is 0 Å². The zero-order valence-corrected chi connectivity index (χ0v) is 10.7. The summed E-state index contributed by atoms with van der Waals surface area (Å²) < 4.78 is 5.59. The van der Waals surface area contributed by atoms with Crippen molar-refractivity contribution in [2.45, 2.75) is 45.6 Å². The van der Waals surface area contributed by atoms with E-state index in [-0.39, 0.29) is 5.78 Å². The molecule has 0 heterocycles. The highest BCUT2D eigenvalue weighted by atomic mass is 35.5. The minimum Gasteiger partial charge on any atom is -0.371 e. The molecule has 0 N–H and O–H groups in total. The summed E-state index contributed by atoms with van der Waals surface area (Å²) in [6.07, 6.45) is 1.98. The molecule has 15 heavy (non-hydrogen) atoms. The molecule has 0 aliphatic carbocycles. The third kappa shape index (κ3) is 7.57. The largest absolute Gasteiger partial charge is 0.371 e. The molecule has 0 aliphatic rings. The van der Waals surface area contributed by atoms with Gasteiger partial charge in [0.05, 0.1) is 12.2 Å². The number of carbonyl (C=O) groups is 1. The van der Waals surface area contributed by atoms with Gasteiger partial charge in [-0.1, -0.05) is 13.5 Å². The van der Waals surface area contributed by atoms with E-state index in [1.54, 1.807) is 0 Å². The summed E-state index contributed by atoms with van der Waals surface area (Å²) in [5.41, 5.74) is 0.425. The van der Waals surface area contributed by atoms with Crippen LogP contribution in [0, 0.1) is 0 Å². The van der Waals surface area contributed by atoms with Crippen molar-refractivity contribution in [3.8, 4) is 0 Å². The van der Waals surface area contributed by atoms with Crippen LogP contribution in [0.25, 0.3) is 0 Å². The first-order valence-electron chi connectivity index (χ1n) is 5.29. The number of halogens is 1. The molecule has 0 fully saturated rings. The molecule has 0 bridgehead atoms. The number of Topliss-reactive ketones (excluding diaryl/α,β-unsaturated/α-hetero) is 1. The van der Waals surface area contributed by atoms with Crippen molar-refractivity contribution in [2.75, 3.05) is 12.5 Å². The van der Waals surface area contributed by atoms with Gasteiger partial charge in [-0.15, -0.1) is 11.6 Å². The van der Waals surface area contributed by atoms with Crippen LogP contribution in [-0.2, 0) is 9.53 Å². The maximum atomic E-state index is 11.4. The summed E-state index contributed by atoms with van der Waals surface area (Å²) >= 11 is 5.59. The summed E-state index contributed by atoms with van der Waals surface area (Å²) in [7, 11) is 0. The molecule has 0 aromatic rings. The zero-order valence-electron chi connectivity index (χ0n) is 9.94. The van der Waals surface area contributed by atoms with Gasteiger partial charge in [0.1, 0.15) is 5.78 Å². The van der Waals surface area contributed by atoms with E-state index in [9.17, 15) is 4.79 Å². The Bertz CT molecular complexity index is 222. The number of ketones is 1. The fraction of sp³-hybridized carbons (Fsp3) is 0.750. The molecule has 2 nitrogen and oxygen atoms in total. The van der Waals surface area contributed by atoms with E-state index < -0.39 is 5.60 Å². The standard InChI is InChI=1S/C12H21ClO2/c1-5-6-11(14)7-12(3,4)15-9-10(2)8-13/h2,5-9H2,1,3-4H3. The van der Waals surface area contributed by atoms with Gasteiger partial charge in [-0.05, 0) is 25.8 Å². The van der Waals surface area contributed by atoms with Crippen LogP contribution >= 0.6 is 11.6 Å². The van der Waals surface area contributed by atoms with Crippen molar-refractivity contribution in [1.29, 1.82) is 0 Å². The van der Waals surface area contributed by atoms with Gasteiger partial charge in [-0.2, -0.15) is 0 Å². The topological polar surface area (TPSA) is 26.3 Å². The Morgan fingerprint density at radius 2 is 2.07 bits per heavy atom. The van der Waals surface area contributed by atoms with E-state index >= 15 is 0 Å². The molecule has 88 valence electrons. The van der Waals surface area contributed by atoms with E-state index in [4.69, 9.17) is 16.3 Å². The van der Waals surface area contributed by atoms with E-state index in [1.165, 1.54) is 0 Å². The summed E-state index contributed by atoms with van der Waals surface area (Å²) in [5, 5.41) is 0. The van der Waals surface area contributed by atoms with E-state index in [1.807, 2.05) is 20.8 Å². The predicted molar refractivity (Wildman–Crippen MR) is 64.4 cm³/mol. The van der Waals surface area contributed by atoms with Gasteiger partial charge in [0.25, 0.3) is 0 Å². The van der Waals surface area contributed by atoms with Crippen LogP contribution in [-0.4, -0.2) is 23.9 Å². The molecule has 0 amide bonds. The van der Waals surface area contributed by atoms with Gasteiger partial charge in [0.15, 0.2) is 0 Å². The molecule has 0 saturated heterocycles. The lowest BCUT2D eigenvalue weighted by Gasteiger charge is -2.24. The normalized spacial score (nSPS) is 11.5. The maximum Gasteiger partial charge on any atom is 0.135 e. The maximum absolute atomic E-state index is 11.4. The lowest BCUT2D eigenvalue weighted by atomic mass is 9.99. The first-order valence-corrected chi connectivity index (χ1v) is 5.83. The fourth-order valence-corrected chi connectivity index (χ4v) is 1.31. The van der Waals surface area contributed by atoms with Crippen LogP contribution in [0.1, 0.15) is 40.0 Å². The molecule has 0 aliphatic heterocycles. The van der Waals surface area contributed by atoms with E-state index in [0.717, 1.165) is 12.0 Å². The predicted octanol–water partition coefficient (Wildman–Crippen LogP) is 3.34. The van der Waals surface area contributed by atoms with Gasteiger partial charge in [-0.3, -0.25) is 4.79 Å². The third-order valence-electron chi connectivity index (χ3n) is 2.01. The molecule has 0 saturated carbocycles. The zero-order chi connectivity index (χ0) is 11.9. The molecule has 0 atom stereocenters. The third-order valence-corrected chi connectivity index (χ3v) is 2.39. The molecule has 0 radical (unpaired) electrons. The van der Waals surface area contributed by atoms with Gasteiger partial charge in [-0.25, -0.2) is 0 Å². The number of rotatable bonds is 8. The Balaban J connectivity index is 3.95. The molecule has 3 heteroatoms. The van der Waals surface area contributed by atoms with Crippen LogP contribution in [0.3, 0.4) is 0 Å². The number of hydrogen-bond donors (Lipinski definition) is 0.